The van der Waals surface area contributed by atoms with Crippen molar-refractivity contribution in [2.75, 3.05) is 20.1 Å². The van der Waals surface area contributed by atoms with E-state index in [1.165, 1.54) is 32.2 Å². The van der Waals surface area contributed by atoms with Gasteiger partial charge >= 0.3 is 0 Å². The Morgan fingerprint density at radius 1 is 1.28 bits per heavy atom. The molecule has 0 saturated heterocycles. The SMILES string of the molecule is CC(C)CCN(C)C1(CN)CCC(C)(C)CC1C. The minimum atomic E-state index is 0.240. The minimum absolute atomic E-state index is 0.240. The van der Waals surface area contributed by atoms with E-state index in [-0.39, 0.29) is 5.54 Å². The van der Waals surface area contributed by atoms with Gasteiger partial charge in [-0.3, -0.25) is 4.90 Å². The summed E-state index contributed by atoms with van der Waals surface area (Å²) in [5, 5.41) is 0. The highest BCUT2D eigenvalue weighted by atomic mass is 15.2. The molecule has 0 amide bonds. The third-order valence-electron chi connectivity index (χ3n) is 5.17. The van der Waals surface area contributed by atoms with Gasteiger partial charge in [0.15, 0.2) is 0 Å². The van der Waals surface area contributed by atoms with Crippen molar-refractivity contribution in [2.45, 2.75) is 65.8 Å². The van der Waals surface area contributed by atoms with Crippen LogP contribution >= 0.6 is 0 Å². The van der Waals surface area contributed by atoms with Gasteiger partial charge in [0.25, 0.3) is 0 Å². The van der Waals surface area contributed by atoms with Crippen molar-refractivity contribution >= 4 is 0 Å². The van der Waals surface area contributed by atoms with E-state index in [2.05, 4.69) is 46.6 Å². The number of likely N-dealkylation sites (N-methyl/N-ethyl adjacent to an activating group) is 1. The summed E-state index contributed by atoms with van der Waals surface area (Å²) in [6.45, 7) is 13.8. The Labute approximate surface area is 114 Å². The maximum atomic E-state index is 6.18. The van der Waals surface area contributed by atoms with E-state index >= 15 is 0 Å². The van der Waals surface area contributed by atoms with E-state index in [1.54, 1.807) is 0 Å². The molecular formula is C16H34N2. The number of nitrogens with zero attached hydrogens (tertiary/aromatic N) is 1. The van der Waals surface area contributed by atoms with Crippen molar-refractivity contribution in [1.29, 1.82) is 0 Å². The van der Waals surface area contributed by atoms with Crippen molar-refractivity contribution in [3.63, 3.8) is 0 Å². The molecular weight excluding hydrogens is 220 g/mol. The largest absolute Gasteiger partial charge is 0.329 e. The zero-order valence-electron chi connectivity index (χ0n) is 13.4. The third kappa shape index (κ3) is 3.48. The first-order valence-electron chi connectivity index (χ1n) is 7.65. The van der Waals surface area contributed by atoms with E-state index in [0.29, 0.717) is 11.3 Å². The number of rotatable bonds is 5. The predicted molar refractivity (Wildman–Crippen MR) is 80.7 cm³/mol. The molecule has 2 N–H and O–H groups in total. The van der Waals surface area contributed by atoms with Gasteiger partial charge in [-0.25, -0.2) is 0 Å². The normalized spacial score (nSPS) is 32.2. The fourth-order valence-electron chi connectivity index (χ4n) is 3.62. The van der Waals surface area contributed by atoms with Gasteiger partial charge in [0, 0.05) is 12.1 Å². The zero-order chi connectivity index (χ0) is 14.0. The number of hydrogen-bond acceptors (Lipinski definition) is 2. The van der Waals surface area contributed by atoms with E-state index < -0.39 is 0 Å². The lowest BCUT2D eigenvalue weighted by molar-refractivity contribution is -0.00901. The minimum Gasteiger partial charge on any atom is -0.329 e. The van der Waals surface area contributed by atoms with Gasteiger partial charge in [0.1, 0.15) is 0 Å². The van der Waals surface area contributed by atoms with Gasteiger partial charge < -0.3 is 5.73 Å². The molecule has 0 aromatic rings. The second kappa shape index (κ2) is 5.92. The van der Waals surface area contributed by atoms with Gasteiger partial charge in [0.05, 0.1) is 0 Å². The molecule has 1 saturated carbocycles. The van der Waals surface area contributed by atoms with Gasteiger partial charge in [-0.1, -0.05) is 34.6 Å². The monoisotopic (exact) mass is 254 g/mol. The maximum absolute atomic E-state index is 6.18. The van der Waals surface area contributed by atoms with Crippen molar-refractivity contribution in [3.8, 4) is 0 Å². The van der Waals surface area contributed by atoms with Crippen LogP contribution in [0.25, 0.3) is 0 Å². The Balaban J connectivity index is 2.73. The predicted octanol–water partition coefficient (Wildman–Crippen LogP) is 3.51. The fourth-order valence-corrected chi connectivity index (χ4v) is 3.62. The van der Waals surface area contributed by atoms with E-state index in [1.807, 2.05) is 0 Å². The lowest BCUT2D eigenvalue weighted by Crippen LogP contribution is -2.59. The fraction of sp³-hybridized carbons (Fsp3) is 1.00. The first kappa shape index (κ1) is 16.0. The van der Waals surface area contributed by atoms with E-state index in [0.717, 1.165) is 12.5 Å². The molecule has 1 aliphatic carbocycles. The highest BCUT2D eigenvalue weighted by molar-refractivity contribution is 5.01. The van der Waals surface area contributed by atoms with Gasteiger partial charge in [-0.2, -0.15) is 0 Å². The second-order valence-corrected chi connectivity index (χ2v) is 7.68. The Kier molecular flexibility index (Phi) is 5.25. The average molecular weight is 254 g/mol. The highest BCUT2D eigenvalue weighted by Crippen LogP contribution is 2.45. The van der Waals surface area contributed by atoms with Gasteiger partial charge in [-0.15, -0.1) is 0 Å². The Morgan fingerprint density at radius 2 is 1.89 bits per heavy atom. The van der Waals surface area contributed by atoms with Crippen LogP contribution in [0.5, 0.6) is 0 Å². The molecule has 0 aromatic carbocycles. The smallest absolute Gasteiger partial charge is 0.0354 e. The van der Waals surface area contributed by atoms with Crippen LogP contribution in [-0.2, 0) is 0 Å². The molecule has 1 fully saturated rings. The Hall–Kier alpha value is -0.0800. The van der Waals surface area contributed by atoms with Crippen molar-refractivity contribution < 1.29 is 0 Å². The summed E-state index contributed by atoms with van der Waals surface area (Å²) >= 11 is 0. The molecule has 108 valence electrons. The van der Waals surface area contributed by atoms with Crippen molar-refractivity contribution in [1.82, 2.24) is 4.90 Å². The van der Waals surface area contributed by atoms with Crippen LogP contribution in [0.3, 0.4) is 0 Å². The molecule has 0 aliphatic heterocycles. The Morgan fingerprint density at radius 3 is 2.33 bits per heavy atom. The Bertz CT molecular complexity index is 260. The summed E-state index contributed by atoms with van der Waals surface area (Å²) in [4.78, 5) is 2.56. The van der Waals surface area contributed by atoms with Crippen LogP contribution in [0, 0.1) is 17.3 Å². The summed E-state index contributed by atoms with van der Waals surface area (Å²) in [6, 6.07) is 0. The molecule has 2 nitrogen and oxygen atoms in total. The quantitative estimate of drug-likeness (QED) is 0.813. The van der Waals surface area contributed by atoms with E-state index in [9.17, 15) is 0 Å². The van der Waals surface area contributed by atoms with Gasteiger partial charge in [0.2, 0.25) is 0 Å². The molecule has 2 atom stereocenters. The molecule has 0 aromatic heterocycles. The summed E-state index contributed by atoms with van der Waals surface area (Å²) in [6.07, 6.45) is 5.14. The molecule has 1 rings (SSSR count). The van der Waals surface area contributed by atoms with Crippen LogP contribution < -0.4 is 5.73 Å². The van der Waals surface area contributed by atoms with Crippen LogP contribution in [0.4, 0.5) is 0 Å². The molecule has 2 unspecified atom stereocenters. The van der Waals surface area contributed by atoms with Gasteiger partial charge in [-0.05, 0) is 56.5 Å². The van der Waals surface area contributed by atoms with E-state index in [4.69, 9.17) is 5.73 Å². The van der Waals surface area contributed by atoms with Crippen molar-refractivity contribution in [2.24, 2.45) is 23.0 Å². The molecule has 0 heterocycles. The molecule has 1 aliphatic rings. The third-order valence-corrected chi connectivity index (χ3v) is 5.17. The first-order chi connectivity index (χ1) is 8.23. The van der Waals surface area contributed by atoms with Crippen LogP contribution in [0.1, 0.15) is 60.3 Å². The maximum Gasteiger partial charge on any atom is 0.0354 e. The topological polar surface area (TPSA) is 29.3 Å². The molecule has 0 spiro atoms. The van der Waals surface area contributed by atoms with Crippen LogP contribution in [-0.4, -0.2) is 30.6 Å². The summed E-state index contributed by atoms with van der Waals surface area (Å²) < 4.78 is 0. The zero-order valence-corrected chi connectivity index (χ0v) is 13.4. The second-order valence-electron chi connectivity index (χ2n) is 7.68. The molecule has 0 radical (unpaired) electrons. The molecule has 18 heavy (non-hydrogen) atoms. The van der Waals surface area contributed by atoms with Crippen molar-refractivity contribution in [3.05, 3.63) is 0 Å². The first-order valence-corrected chi connectivity index (χ1v) is 7.65. The highest BCUT2D eigenvalue weighted by Gasteiger charge is 2.45. The lowest BCUT2D eigenvalue weighted by Gasteiger charge is -2.53. The number of hydrogen-bond donors (Lipinski definition) is 1. The lowest BCUT2D eigenvalue weighted by atomic mass is 9.63. The van der Waals surface area contributed by atoms with Crippen LogP contribution in [0.15, 0.2) is 0 Å². The summed E-state index contributed by atoms with van der Waals surface area (Å²) in [5.74, 6) is 1.47. The number of nitrogens with two attached hydrogens (primary N) is 1. The molecule has 2 heteroatoms. The average Bonchev–Trinajstić information content (AvgIpc) is 2.26. The van der Waals surface area contributed by atoms with Crippen LogP contribution in [0.2, 0.25) is 0 Å². The summed E-state index contributed by atoms with van der Waals surface area (Å²) in [7, 11) is 2.28. The summed E-state index contributed by atoms with van der Waals surface area (Å²) in [5.41, 5.74) is 6.92. The standard InChI is InChI=1S/C16H34N2/c1-13(2)7-10-18(6)16(12-17)9-8-15(4,5)11-14(16)3/h13-14H,7-12,17H2,1-6H3. The molecule has 0 bridgehead atoms.